The zero-order valence-electron chi connectivity index (χ0n) is 15.9. The van der Waals surface area contributed by atoms with Gasteiger partial charge in [-0.1, -0.05) is 24.3 Å². The first-order valence-electron chi connectivity index (χ1n) is 9.37. The second-order valence-corrected chi connectivity index (χ2v) is 9.68. The van der Waals surface area contributed by atoms with Crippen LogP contribution in [-0.4, -0.2) is 48.3 Å². The Morgan fingerprint density at radius 1 is 1.10 bits per heavy atom. The molecule has 0 saturated carbocycles. The number of hydrogen-bond donors (Lipinski definition) is 1. The van der Waals surface area contributed by atoms with Crippen molar-refractivity contribution in [2.75, 3.05) is 24.7 Å². The van der Waals surface area contributed by atoms with Crippen molar-refractivity contribution in [3.8, 4) is 5.75 Å². The van der Waals surface area contributed by atoms with Gasteiger partial charge in [-0.3, -0.25) is 0 Å². The van der Waals surface area contributed by atoms with E-state index in [1.165, 1.54) is 24.3 Å². The van der Waals surface area contributed by atoms with Crippen LogP contribution in [0.25, 0.3) is 10.9 Å². The van der Waals surface area contributed by atoms with Crippen LogP contribution in [-0.2, 0) is 10.0 Å². The molecular formula is C20H24ClN3O3S2. The fourth-order valence-corrected chi connectivity index (χ4v) is 5.73. The van der Waals surface area contributed by atoms with Crippen LogP contribution in [0.15, 0.2) is 59.6 Å². The number of halogens is 1. The van der Waals surface area contributed by atoms with Crippen molar-refractivity contribution in [2.24, 2.45) is 0 Å². The average Bonchev–Trinajstić information content (AvgIpc) is 3.18. The quantitative estimate of drug-likeness (QED) is 0.551. The van der Waals surface area contributed by atoms with Crippen molar-refractivity contribution in [1.82, 2.24) is 14.5 Å². The Morgan fingerprint density at radius 2 is 1.86 bits per heavy atom. The summed E-state index contributed by atoms with van der Waals surface area (Å²) in [7, 11) is -3.74. The molecule has 2 heterocycles. The summed E-state index contributed by atoms with van der Waals surface area (Å²) in [6, 6.07) is 14.3. The van der Waals surface area contributed by atoms with Gasteiger partial charge in [0.05, 0.1) is 22.0 Å². The molecule has 0 bridgehead atoms. The molecule has 1 aliphatic rings. The van der Waals surface area contributed by atoms with Gasteiger partial charge < -0.3 is 10.1 Å². The number of nitrogens with one attached hydrogen (secondary N) is 1. The Bertz CT molecular complexity index is 1040. The lowest BCUT2D eigenvalue weighted by Crippen LogP contribution is -2.35. The molecule has 1 saturated heterocycles. The number of rotatable bonds is 7. The topological polar surface area (TPSA) is 73.2 Å². The third-order valence-corrected chi connectivity index (χ3v) is 7.49. The molecule has 0 atom stereocenters. The number of ether oxygens (including phenoxy) is 1. The molecular weight excluding hydrogens is 430 g/mol. The lowest BCUT2D eigenvalue weighted by molar-refractivity contribution is 0.305. The Hall–Kier alpha value is -1.74. The molecule has 6 nitrogen and oxygen atoms in total. The maximum Gasteiger partial charge on any atom is 0.283 e. The fraction of sp³-hybridized carbons (Fsp3) is 0.350. The molecule has 0 spiro atoms. The van der Waals surface area contributed by atoms with Crippen LogP contribution >= 0.6 is 24.2 Å². The van der Waals surface area contributed by atoms with Crippen LogP contribution in [0.1, 0.15) is 12.8 Å². The van der Waals surface area contributed by atoms with Gasteiger partial charge in [0, 0.05) is 12.6 Å². The second kappa shape index (κ2) is 9.84. The summed E-state index contributed by atoms with van der Waals surface area (Å²) in [5, 5.41) is 8.36. The predicted molar refractivity (Wildman–Crippen MR) is 120 cm³/mol. The van der Waals surface area contributed by atoms with Crippen molar-refractivity contribution in [3.05, 3.63) is 54.7 Å². The number of nitrogens with zero attached hydrogens (tertiary/aromatic N) is 2. The molecule has 2 aromatic carbocycles. The van der Waals surface area contributed by atoms with Crippen molar-refractivity contribution in [3.63, 3.8) is 0 Å². The van der Waals surface area contributed by atoms with Gasteiger partial charge in [0.2, 0.25) is 0 Å². The molecule has 4 rings (SSSR count). The molecule has 1 aliphatic heterocycles. The van der Waals surface area contributed by atoms with Gasteiger partial charge in [-0.25, -0.2) is 0 Å². The third kappa shape index (κ3) is 4.88. The van der Waals surface area contributed by atoms with E-state index in [0.29, 0.717) is 29.3 Å². The van der Waals surface area contributed by atoms with Crippen molar-refractivity contribution >= 4 is 45.1 Å². The molecule has 9 heteroatoms. The highest BCUT2D eigenvalue weighted by Gasteiger charge is 2.21. The van der Waals surface area contributed by atoms with E-state index in [1.807, 2.05) is 17.8 Å². The van der Waals surface area contributed by atoms with Crippen molar-refractivity contribution in [1.29, 1.82) is 0 Å². The van der Waals surface area contributed by atoms with E-state index >= 15 is 0 Å². The average molecular weight is 454 g/mol. The zero-order chi connectivity index (χ0) is 19.4. The molecule has 29 heavy (non-hydrogen) atoms. The van der Waals surface area contributed by atoms with E-state index in [0.717, 1.165) is 10.6 Å². The fourth-order valence-electron chi connectivity index (χ4n) is 3.34. The number of hydrogen-bond acceptors (Lipinski definition) is 6. The normalized spacial score (nSPS) is 15.2. The lowest BCUT2D eigenvalue weighted by atomic mass is 10.1. The van der Waals surface area contributed by atoms with E-state index in [4.69, 9.17) is 4.74 Å². The Labute approximate surface area is 181 Å². The summed E-state index contributed by atoms with van der Waals surface area (Å²) in [5.74, 6) is 3.08. The van der Waals surface area contributed by atoms with E-state index in [9.17, 15) is 8.42 Å². The summed E-state index contributed by atoms with van der Waals surface area (Å²) in [6.45, 7) is 1.29. The predicted octanol–water partition coefficient (Wildman–Crippen LogP) is 3.56. The first-order chi connectivity index (χ1) is 13.7. The molecule has 0 unspecified atom stereocenters. The maximum absolute atomic E-state index is 12.9. The smallest absolute Gasteiger partial charge is 0.283 e. The minimum atomic E-state index is -3.74. The molecule has 3 aromatic rings. The summed E-state index contributed by atoms with van der Waals surface area (Å²) in [6.07, 6.45) is 3.95. The van der Waals surface area contributed by atoms with E-state index in [-0.39, 0.29) is 17.3 Å². The van der Waals surface area contributed by atoms with Gasteiger partial charge >= 0.3 is 0 Å². The molecule has 0 aliphatic carbocycles. The Kier molecular flexibility index (Phi) is 7.45. The lowest BCUT2D eigenvalue weighted by Gasteiger charge is -2.22. The summed E-state index contributed by atoms with van der Waals surface area (Å²) in [5.41, 5.74) is 0.513. The number of benzene rings is 2. The molecule has 1 N–H and O–H groups in total. The largest absolute Gasteiger partial charge is 0.491 e. The maximum atomic E-state index is 12.9. The van der Waals surface area contributed by atoms with Crippen LogP contribution in [0.4, 0.5) is 0 Å². The standard InChI is InChI=1S/C20H23N3O3S2.ClH/c24-28(25,17-5-2-1-3-6-17)23-19-7-4-8-20(18(19)15-22-23)26-12-11-21-16-9-13-27-14-10-16;/h1-8,15-16,21H,9-14H2;1H. The highest BCUT2D eigenvalue weighted by atomic mass is 35.5. The minimum Gasteiger partial charge on any atom is -0.491 e. The Morgan fingerprint density at radius 3 is 2.62 bits per heavy atom. The number of fused-ring (bicyclic) bond motifs is 1. The summed E-state index contributed by atoms with van der Waals surface area (Å²) in [4.78, 5) is 0.209. The van der Waals surface area contributed by atoms with Gasteiger partial charge in [0.25, 0.3) is 10.0 Å². The number of aromatic nitrogens is 2. The van der Waals surface area contributed by atoms with Gasteiger partial charge in [0.15, 0.2) is 0 Å². The van der Waals surface area contributed by atoms with Crippen LogP contribution in [0.5, 0.6) is 5.75 Å². The van der Waals surface area contributed by atoms with Crippen LogP contribution in [0, 0.1) is 0 Å². The third-order valence-electron chi connectivity index (χ3n) is 4.82. The van der Waals surface area contributed by atoms with Crippen LogP contribution in [0.2, 0.25) is 0 Å². The van der Waals surface area contributed by atoms with Crippen LogP contribution < -0.4 is 10.1 Å². The monoisotopic (exact) mass is 453 g/mol. The molecule has 1 aromatic heterocycles. The second-order valence-electron chi connectivity index (χ2n) is 6.68. The van der Waals surface area contributed by atoms with E-state index in [1.54, 1.807) is 48.7 Å². The van der Waals surface area contributed by atoms with Gasteiger partial charge in [-0.05, 0) is 48.6 Å². The van der Waals surface area contributed by atoms with Gasteiger partial charge in [0.1, 0.15) is 12.4 Å². The molecule has 156 valence electrons. The molecule has 1 fully saturated rings. The number of thioether (sulfide) groups is 1. The van der Waals surface area contributed by atoms with Gasteiger partial charge in [-0.2, -0.15) is 29.4 Å². The van der Waals surface area contributed by atoms with Crippen molar-refractivity contribution < 1.29 is 13.2 Å². The zero-order valence-corrected chi connectivity index (χ0v) is 18.3. The molecule has 0 amide bonds. The summed E-state index contributed by atoms with van der Waals surface area (Å²) >= 11 is 2.01. The van der Waals surface area contributed by atoms with Crippen LogP contribution in [0.3, 0.4) is 0 Å². The minimum absolute atomic E-state index is 0. The SMILES string of the molecule is Cl.O=S(=O)(c1ccccc1)n1ncc2c(OCCNC3CCSCC3)cccc21. The first-order valence-corrected chi connectivity index (χ1v) is 12.0. The van der Waals surface area contributed by atoms with Crippen molar-refractivity contribution in [2.45, 2.75) is 23.8 Å². The van der Waals surface area contributed by atoms with E-state index < -0.39 is 10.0 Å². The highest BCUT2D eigenvalue weighted by Crippen LogP contribution is 2.27. The molecule has 0 radical (unpaired) electrons. The highest BCUT2D eigenvalue weighted by molar-refractivity contribution is 7.99. The Balaban J connectivity index is 0.00000240. The summed E-state index contributed by atoms with van der Waals surface area (Å²) < 4.78 is 32.8. The first kappa shape index (κ1) is 22.0. The van der Waals surface area contributed by atoms with Gasteiger partial charge in [-0.15, -0.1) is 12.4 Å². The van der Waals surface area contributed by atoms with E-state index in [2.05, 4.69) is 10.4 Å².